The number of anilines is 1. The molecule has 1 aromatic carbocycles. The van der Waals surface area contributed by atoms with Gasteiger partial charge in [0.15, 0.2) is 11.6 Å². The average molecular weight is 309 g/mol. The third-order valence-electron chi connectivity index (χ3n) is 3.22. The molecule has 0 radical (unpaired) electrons. The molecule has 112 valence electrons. The van der Waals surface area contributed by atoms with Crippen molar-refractivity contribution in [1.29, 1.82) is 0 Å². The Kier molecular flexibility index (Phi) is 6.29. The molecule has 1 heterocycles. The molecule has 0 aromatic heterocycles. The number of benzene rings is 1. The molecule has 1 saturated heterocycles. The van der Waals surface area contributed by atoms with E-state index in [1.54, 1.807) is 0 Å². The second-order valence-corrected chi connectivity index (χ2v) is 4.69. The molecule has 1 amide bonds. The van der Waals surface area contributed by atoms with Gasteiger partial charge in [-0.2, -0.15) is 0 Å². The van der Waals surface area contributed by atoms with Crippen molar-refractivity contribution in [3.05, 3.63) is 29.6 Å². The summed E-state index contributed by atoms with van der Waals surface area (Å²) < 4.78 is 39.0. The molecule has 20 heavy (non-hydrogen) atoms. The van der Waals surface area contributed by atoms with Crippen molar-refractivity contribution in [3.8, 4) is 0 Å². The van der Waals surface area contributed by atoms with E-state index in [9.17, 15) is 18.0 Å². The Morgan fingerprint density at radius 1 is 1.15 bits per heavy atom. The predicted molar refractivity (Wildman–Crippen MR) is 72.4 cm³/mol. The third kappa shape index (κ3) is 4.38. The third-order valence-corrected chi connectivity index (χ3v) is 3.22. The summed E-state index contributed by atoms with van der Waals surface area (Å²) in [7, 11) is 0. The molecule has 7 heteroatoms. The summed E-state index contributed by atoms with van der Waals surface area (Å²) >= 11 is 0. The SMILES string of the molecule is Cl.O=C(CC1CCNCC1)Nc1cc(F)c(F)cc1F. The van der Waals surface area contributed by atoms with Crippen LogP contribution in [0.5, 0.6) is 0 Å². The number of nitrogens with one attached hydrogen (secondary N) is 2. The molecule has 3 nitrogen and oxygen atoms in total. The van der Waals surface area contributed by atoms with Crippen LogP contribution in [0.4, 0.5) is 18.9 Å². The molecule has 0 saturated carbocycles. The van der Waals surface area contributed by atoms with Crippen molar-refractivity contribution in [2.75, 3.05) is 18.4 Å². The van der Waals surface area contributed by atoms with Gasteiger partial charge in [-0.1, -0.05) is 0 Å². The smallest absolute Gasteiger partial charge is 0.224 e. The monoisotopic (exact) mass is 308 g/mol. The van der Waals surface area contributed by atoms with Crippen LogP contribution < -0.4 is 10.6 Å². The summed E-state index contributed by atoms with van der Waals surface area (Å²) in [6, 6.07) is 1.08. The first-order valence-electron chi connectivity index (χ1n) is 6.21. The highest BCUT2D eigenvalue weighted by atomic mass is 35.5. The summed E-state index contributed by atoms with van der Waals surface area (Å²) in [5.74, 6) is -3.56. The fourth-order valence-corrected chi connectivity index (χ4v) is 2.17. The highest BCUT2D eigenvalue weighted by Gasteiger charge is 2.18. The summed E-state index contributed by atoms with van der Waals surface area (Å²) in [6.07, 6.45) is 2.03. The lowest BCUT2D eigenvalue weighted by molar-refractivity contribution is -0.117. The normalized spacial score (nSPS) is 15.6. The number of hydrogen-bond acceptors (Lipinski definition) is 2. The van der Waals surface area contributed by atoms with Crippen LogP contribution in [0.25, 0.3) is 0 Å². The molecular formula is C13H16ClF3N2O. The van der Waals surface area contributed by atoms with Gasteiger partial charge in [-0.25, -0.2) is 13.2 Å². The first-order valence-corrected chi connectivity index (χ1v) is 6.21. The standard InChI is InChI=1S/C13H15F3N2O.ClH/c14-9-6-11(16)12(7-10(9)15)18-13(19)5-8-1-3-17-4-2-8;/h6-8,17H,1-5H2,(H,18,19);1H. The van der Waals surface area contributed by atoms with Crippen molar-refractivity contribution in [2.24, 2.45) is 5.92 Å². The number of piperidine rings is 1. The van der Waals surface area contributed by atoms with Crippen molar-refractivity contribution >= 4 is 24.0 Å². The van der Waals surface area contributed by atoms with E-state index in [0.29, 0.717) is 12.1 Å². The quantitative estimate of drug-likeness (QED) is 0.843. The zero-order valence-electron chi connectivity index (χ0n) is 10.7. The number of hydrogen-bond donors (Lipinski definition) is 2. The number of amides is 1. The molecule has 0 aliphatic carbocycles. The van der Waals surface area contributed by atoms with Crippen LogP contribution in [0.3, 0.4) is 0 Å². The Bertz CT molecular complexity index is 479. The first-order chi connectivity index (χ1) is 9.06. The van der Waals surface area contributed by atoms with E-state index in [4.69, 9.17) is 0 Å². The molecule has 0 spiro atoms. The lowest BCUT2D eigenvalue weighted by atomic mass is 9.94. The fourth-order valence-electron chi connectivity index (χ4n) is 2.17. The van der Waals surface area contributed by atoms with Gasteiger partial charge >= 0.3 is 0 Å². The lowest BCUT2D eigenvalue weighted by Gasteiger charge is -2.21. The molecule has 1 aromatic rings. The van der Waals surface area contributed by atoms with Crippen molar-refractivity contribution in [1.82, 2.24) is 5.32 Å². The van der Waals surface area contributed by atoms with Gasteiger partial charge in [0, 0.05) is 18.6 Å². The van der Waals surface area contributed by atoms with E-state index in [0.717, 1.165) is 25.9 Å². The van der Waals surface area contributed by atoms with Crippen LogP contribution in [0, 0.1) is 23.4 Å². The summed E-state index contributed by atoms with van der Waals surface area (Å²) in [5, 5.41) is 5.46. The molecule has 2 N–H and O–H groups in total. The molecule has 0 atom stereocenters. The molecule has 1 aliphatic rings. The Morgan fingerprint density at radius 3 is 2.40 bits per heavy atom. The zero-order chi connectivity index (χ0) is 13.8. The minimum atomic E-state index is -1.27. The summed E-state index contributed by atoms with van der Waals surface area (Å²) in [5.41, 5.74) is -0.321. The van der Waals surface area contributed by atoms with Crippen LogP contribution in [-0.2, 0) is 4.79 Å². The van der Waals surface area contributed by atoms with Gasteiger partial charge in [-0.3, -0.25) is 4.79 Å². The Labute approximate surface area is 121 Å². The average Bonchev–Trinajstić information content (AvgIpc) is 2.37. The van der Waals surface area contributed by atoms with E-state index in [2.05, 4.69) is 10.6 Å². The summed E-state index contributed by atoms with van der Waals surface area (Å²) in [6.45, 7) is 1.72. The maximum Gasteiger partial charge on any atom is 0.224 e. The Hall–Kier alpha value is -1.27. The van der Waals surface area contributed by atoms with Crippen molar-refractivity contribution in [3.63, 3.8) is 0 Å². The fraction of sp³-hybridized carbons (Fsp3) is 0.462. The Morgan fingerprint density at radius 2 is 1.75 bits per heavy atom. The largest absolute Gasteiger partial charge is 0.323 e. The van der Waals surface area contributed by atoms with Gasteiger partial charge in [-0.05, 0) is 31.8 Å². The minimum Gasteiger partial charge on any atom is -0.323 e. The van der Waals surface area contributed by atoms with Gasteiger partial charge in [0.1, 0.15) is 5.82 Å². The van der Waals surface area contributed by atoms with Crippen molar-refractivity contribution < 1.29 is 18.0 Å². The maximum absolute atomic E-state index is 13.3. The van der Waals surface area contributed by atoms with Crippen molar-refractivity contribution in [2.45, 2.75) is 19.3 Å². The topological polar surface area (TPSA) is 41.1 Å². The van der Waals surface area contributed by atoms with E-state index >= 15 is 0 Å². The van der Waals surface area contributed by atoms with E-state index in [1.165, 1.54) is 0 Å². The predicted octanol–water partition coefficient (Wildman–Crippen LogP) is 2.85. The molecule has 2 rings (SSSR count). The molecule has 0 bridgehead atoms. The van der Waals surface area contributed by atoms with Crippen LogP contribution in [0.15, 0.2) is 12.1 Å². The lowest BCUT2D eigenvalue weighted by Crippen LogP contribution is -2.30. The molecule has 0 unspecified atom stereocenters. The van der Waals surface area contributed by atoms with E-state index in [1.807, 2.05) is 0 Å². The second-order valence-electron chi connectivity index (χ2n) is 4.69. The highest BCUT2D eigenvalue weighted by molar-refractivity contribution is 5.91. The number of halogens is 4. The second kappa shape index (κ2) is 7.50. The first kappa shape index (κ1) is 16.8. The molecule has 1 fully saturated rings. The molecular weight excluding hydrogens is 293 g/mol. The van der Waals surface area contributed by atoms with Crippen LogP contribution in [0.1, 0.15) is 19.3 Å². The molecule has 1 aliphatic heterocycles. The van der Waals surface area contributed by atoms with Gasteiger partial charge < -0.3 is 10.6 Å². The zero-order valence-corrected chi connectivity index (χ0v) is 11.5. The minimum absolute atomic E-state index is 0. The number of carbonyl (C=O) groups is 1. The highest BCUT2D eigenvalue weighted by Crippen LogP contribution is 2.21. The van der Waals surface area contributed by atoms with Crippen LogP contribution >= 0.6 is 12.4 Å². The van der Waals surface area contributed by atoms with E-state index in [-0.39, 0.29) is 36.3 Å². The van der Waals surface area contributed by atoms with Gasteiger partial charge in [0.25, 0.3) is 0 Å². The van der Waals surface area contributed by atoms with E-state index < -0.39 is 17.5 Å². The van der Waals surface area contributed by atoms with Gasteiger partial charge in [0.2, 0.25) is 5.91 Å². The maximum atomic E-state index is 13.3. The number of rotatable bonds is 3. The van der Waals surface area contributed by atoms with Crippen LogP contribution in [-0.4, -0.2) is 19.0 Å². The Balaban J connectivity index is 0.00000200. The summed E-state index contributed by atoms with van der Waals surface area (Å²) in [4.78, 5) is 11.7. The van der Waals surface area contributed by atoms with Gasteiger partial charge in [-0.15, -0.1) is 12.4 Å². The van der Waals surface area contributed by atoms with Gasteiger partial charge in [0.05, 0.1) is 5.69 Å². The van der Waals surface area contributed by atoms with Crippen LogP contribution in [0.2, 0.25) is 0 Å². The number of carbonyl (C=O) groups excluding carboxylic acids is 1.